The SMILES string of the molecule is COc1cccc(N2CCN(Cc3c(C)nn(-c4ccc(F)cc4)c3C)CC2)c1. The lowest BCUT2D eigenvalue weighted by molar-refractivity contribution is 0.249. The summed E-state index contributed by atoms with van der Waals surface area (Å²) in [6.45, 7) is 8.98. The number of piperazine rings is 1. The van der Waals surface area contributed by atoms with Gasteiger partial charge in [-0.05, 0) is 50.2 Å². The number of ether oxygens (including phenoxy) is 1. The van der Waals surface area contributed by atoms with Crippen molar-refractivity contribution >= 4 is 5.69 Å². The van der Waals surface area contributed by atoms with Gasteiger partial charge in [-0.15, -0.1) is 0 Å². The molecule has 6 heteroatoms. The Labute approximate surface area is 171 Å². The summed E-state index contributed by atoms with van der Waals surface area (Å²) >= 11 is 0. The van der Waals surface area contributed by atoms with Crippen LogP contribution in [0.15, 0.2) is 48.5 Å². The predicted molar refractivity (Wildman–Crippen MR) is 113 cm³/mol. The van der Waals surface area contributed by atoms with Crippen molar-refractivity contribution < 1.29 is 9.13 Å². The predicted octanol–water partition coefficient (Wildman–Crippen LogP) is 3.96. The van der Waals surface area contributed by atoms with Crippen molar-refractivity contribution in [2.75, 3.05) is 38.2 Å². The van der Waals surface area contributed by atoms with E-state index in [0.717, 1.165) is 55.5 Å². The van der Waals surface area contributed by atoms with Crippen molar-refractivity contribution in [2.45, 2.75) is 20.4 Å². The second-order valence-corrected chi connectivity index (χ2v) is 7.50. The number of methoxy groups -OCH3 is 1. The minimum Gasteiger partial charge on any atom is -0.497 e. The largest absolute Gasteiger partial charge is 0.497 e. The summed E-state index contributed by atoms with van der Waals surface area (Å²) in [5.74, 6) is 0.661. The molecule has 1 aromatic heterocycles. The Balaban J connectivity index is 1.44. The minimum absolute atomic E-state index is 0.232. The normalized spacial score (nSPS) is 15.0. The molecule has 0 amide bonds. The van der Waals surface area contributed by atoms with E-state index in [2.05, 4.69) is 35.8 Å². The van der Waals surface area contributed by atoms with Crippen LogP contribution in [0.2, 0.25) is 0 Å². The smallest absolute Gasteiger partial charge is 0.123 e. The van der Waals surface area contributed by atoms with Crippen LogP contribution >= 0.6 is 0 Å². The molecule has 0 atom stereocenters. The number of anilines is 1. The van der Waals surface area contributed by atoms with Crippen molar-refractivity contribution in [3.63, 3.8) is 0 Å². The lowest BCUT2D eigenvalue weighted by atomic mass is 10.1. The summed E-state index contributed by atoms with van der Waals surface area (Å²) in [6.07, 6.45) is 0. The molecule has 1 aliphatic heterocycles. The first-order valence-corrected chi connectivity index (χ1v) is 9.97. The molecular weight excluding hydrogens is 367 g/mol. The first-order valence-electron chi connectivity index (χ1n) is 9.97. The maximum Gasteiger partial charge on any atom is 0.123 e. The third-order valence-electron chi connectivity index (χ3n) is 5.68. The Bertz CT molecular complexity index is 975. The highest BCUT2D eigenvalue weighted by atomic mass is 19.1. The van der Waals surface area contributed by atoms with E-state index in [1.54, 1.807) is 19.2 Å². The second-order valence-electron chi connectivity index (χ2n) is 7.50. The highest BCUT2D eigenvalue weighted by Gasteiger charge is 2.21. The summed E-state index contributed by atoms with van der Waals surface area (Å²) in [5.41, 5.74) is 5.50. The molecule has 0 N–H and O–H groups in total. The van der Waals surface area contributed by atoms with Crippen LogP contribution in [0.25, 0.3) is 5.69 Å². The zero-order valence-corrected chi connectivity index (χ0v) is 17.2. The Morgan fingerprint density at radius 3 is 2.38 bits per heavy atom. The second kappa shape index (κ2) is 8.25. The topological polar surface area (TPSA) is 33.5 Å². The molecule has 5 nitrogen and oxygen atoms in total. The van der Waals surface area contributed by atoms with Crippen LogP contribution in [-0.4, -0.2) is 48.0 Å². The fraction of sp³-hybridized carbons (Fsp3) is 0.348. The van der Waals surface area contributed by atoms with Gasteiger partial charge in [0.2, 0.25) is 0 Å². The molecule has 0 saturated carbocycles. The number of halogens is 1. The Morgan fingerprint density at radius 2 is 1.69 bits per heavy atom. The standard InChI is InChI=1S/C23H27FN4O/c1-17-23(18(2)28(25-17)20-9-7-19(24)8-10-20)16-26-11-13-27(14-12-26)21-5-4-6-22(15-21)29-3/h4-10,15H,11-14,16H2,1-3H3. The molecule has 1 fully saturated rings. The van der Waals surface area contributed by atoms with E-state index in [9.17, 15) is 4.39 Å². The fourth-order valence-corrected chi connectivity index (χ4v) is 3.93. The molecule has 4 rings (SSSR count). The molecule has 0 aliphatic carbocycles. The van der Waals surface area contributed by atoms with Crippen molar-refractivity contribution in [1.29, 1.82) is 0 Å². The quantitative estimate of drug-likeness (QED) is 0.656. The van der Waals surface area contributed by atoms with Crippen LogP contribution < -0.4 is 9.64 Å². The zero-order valence-electron chi connectivity index (χ0n) is 17.2. The molecule has 1 saturated heterocycles. The maximum atomic E-state index is 13.2. The van der Waals surface area contributed by atoms with E-state index in [0.29, 0.717) is 0 Å². The van der Waals surface area contributed by atoms with Gasteiger partial charge in [0.05, 0.1) is 18.5 Å². The van der Waals surface area contributed by atoms with Crippen LogP contribution in [-0.2, 0) is 6.54 Å². The number of aromatic nitrogens is 2. The van der Waals surface area contributed by atoms with Gasteiger partial charge in [-0.3, -0.25) is 4.90 Å². The summed E-state index contributed by atoms with van der Waals surface area (Å²) in [6, 6.07) is 14.7. The van der Waals surface area contributed by atoms with Gasteiger partial charge < -0.3 is 9.64 Å². The van der Waals surface area contributed by atoms with Gasteiger partial charge >= 0.3 is 0 Å². The summed E-state index contributed by atoms with van der Waals surface area (Å²) in [5, 5.41) is 4.70. The number of rotatable bonds is 5. The molecule has 1 aliphatic rings. The lowest BCUT2D eigenvalue weighted by Gasteiger charge is -2.36. The van der Waals surface area contributed by atoms with Crippen LogP contribution in [0.4, 0.5) is 10.1 Å². The lowest BCUT2D eigenvalue weighted by Crippen LogP contribution is -2.46. The van der Waals surface area contributed by atoms with Gasteiger partial charge in [-0.25, -0.2) is 9.07 Å². The van der Waals surface area contributed by atoms with E-state index < -0.39 is 0 Å². The van der Waals surface area contributed by atoms with E-state index in [1.165, 1.54) is 23.4 Å². The molecule has 2 heterocycles. The van der Waals surface area contributed by atoms with Crippen LogP contribution in [0.3, 0.4) is 0 Å². The molecule has 0 radical (unpaired) electrons. The summed E-state index contributed by atoms with van der Waals surface area (Å²) < 4.78 is 20.5. The highest BCUT2D eigenvalue weighted by Crippen LogP contribution is 2.24. The Hall–Kier alpha value is -2.86. The third kappa shape index (κ3) is 4.12. The minimum atomic E-state index is -0.232. The highest BCUT2D eigenvalue weighted by molar-refractivity contribution is 5.51. The van der Waals surface area contributed by atoms with E-state index in [-0.39, 0.29) is 5.82 Å². The first kappa shape index (κ1) is 19.5. The van der Waals surface area contributed by atoms with Gasteiger partial charge in [0.25, 0.3) is 0 Å². The van der Waals surface area contributed by atoms with Crippen LogP contribution in [0.5, 0.6) is 5.75 Å². The maximum absolute atomic E-state index is 13.2. The number of hydrogen-bond donors (Lipinski definition) is 0. The third-order valence-corrected chi connectivity index (χ3v) is 5.68. The number of benzene rings is 2. The molecule has 0 unspecified atom stereocenters. The van der Waals surface area contributed by atoms with Crippen molar-refractivity contribution in [2.24, 2.45) is 0 Å². The Kier molecular flexibility index (Phi) is 5.53. The van der Waals surface area contributed by atoms with E-state index in [1.807, 2.05) is 16.8 Å². The van der Waals surface area contributed by atoms with Gasteiger partial charge in [-0.2, -0.15) is 5.10 Å². The Morgan fingerprint density at radius 1 is 0.966 bits per heavy atom. The molecule has 29 heavy (non-hydrogen) atoms. The number of hydrogen-bond acceptors (Lipinski definition) is 4. The van der Waals surface area contributed by atoms with Gasteiger partial charge in [0, 0.05) is 55.7 Å². The summed E-state index contributed by atoms with van der Waals surface area (Å²) in [7, 11) is 1.70. The van der Waals surface area contributed by atoms with Gasteiger partial charge in [0.1, 0.15) is 11.6 Å². The molecule has 3 aromatic rings. The van der Waals surface area contributed by atoms with Crippen molar-refractivity contribution in [3.8, 4) is 11.4 Å². The molecule has 0 spiro atoms. The first-order chi connectivity index (χ1) is 14.0. The monoisotopic (exact) mass is 394 g/mol. The number of aryl methyl sites for hydroxylation is 1. The average Bonchev–Trinajstić information content (AvgIpc) is 3.03. The van der Waals surface area contributed by atoms with E-state index in [4.69, 9.17) is 9.84 Å². The molecule has 152 valence electrons. The molecule has 2 aromatic carbocycles. The van der Waals surface area contributed by atoms with Crippen LogP contribution in [0, 0.1) is 19.7 Å². The fourth-order valence-electron chi connectivity index (χ4n) is 3.93. The van der Waals surface area contributed by atoms with Crippen molar-refractivity contribution in [3.05, 3.63) is 71.3 Å². The molecular formula is C23H27FN4O. The van der Waals surface area contributed by atoms with Crippen molar-refractivity contribution in [1.82, 2.24) is 14.7 Å². The van der Waals surface area contributed by atoms with Gasteiger partial charge in [-0.1, -0.05) is 6.07 Å². The number of nitrogens with zero attached hydrogens (tertiary/aromatic N) is 4. The van der Waals surface area contributed by atoms with Gasteiger partial charge in [0.15, 0.2) is 0 Å². The molecule has 0 bridgehead atoms. The van der Waals surface area contributed by atoms with Crippen LogP contribution in [0.1, 0.15) is 17.0 Å². The zero-order chi connectivity index (χ0) is 20.4. The summed E-state index contributed by atoms with van der Waals surface area (Å²) in [4.78, 5) is 4.88. The average molecular weight is 394 g/mol. The van der Waals surface area contributed by atoms with E-state index >= 15 is 0 Å².